The van der Waals surface area contributed by atoms with Crippen molar-refractivity contribution in [3.05, 3.63) is 18.3 Å². The molecule has 2 rings (SSSR count). The van der Waals surface area contributed by atoms with E-state index >= 15 is 0 Å². The normalized spacial score (nSPS) is 18.0. The van der Waals surface area contributed by atoms with Crippen molar-refractivity contribution in [2.45, 2.75) is 18.9 Å². The van der Waals surface area contributed by atoms with Gasteiger partial charge in [0, 0.05) is 24.0 Å². The van der Waals surface area contributed by atoms with Crippen molar-refractivity contribution < 1.29 is 0 Å². The molecular weight excluding hydrogens is 194 g/mol. The minimum absolute atomic E-state index is 0.584. The van der Waals surface area contributed by atoms with Crippen LogP contribution in [0.1, 0.15) is 12.8 Å². The molecule has 1 aliphatic rings. The number of nitrogen functional groups attached to an aromatic ring is 1. The van der Waals surface area contributed by atoms with Gasteiger partial charge in [-0.05, 0) is 30.4 Å². The van der Waals surface area contributed by atoms with E-state index in [4.69, 9.17) is 5.73 Å². The summed E-state index contributed by atoms with van der Waals surface area (Å²) in [7, 11) is 0. The van der Waals surface area contributed by atoms with Crippen LogP contribution < -0.4 is 11.1 Å². The van der Waals surface area contributed by atoms with Gasteiger partial charge in [0.25, 0.3) is 0 Å². The molecule has 76 valence electrons. The van der Waals surface area contributed by atoms with Gasteiger partial charge in [-0.3, -0.25) is 0 Å². The van der Waals surface area contributed by atoms with Gasteiger partial charge in [-0.1, -0.05) is 0 Å². The Morgan fingerprint density at radius 2 is 2.21 bits per heavy atom. The number of aromatic nitrogens is 1. The fourth-order valence-corrected chi connectivity index (χ4v) is 2.72. The third-order valence-electron chi connectivity index (χ3n) is 2.37. The van der Waals surface area contributed by atoms with Gasteiger partial charge in [-0.2, -0.15) is 11.8 Å². The van der Waals surface area contributed by atoms with E-state index in [1.165, 1.54) is 24.3 Å². The highest BCUT2D eigenvalue weighted by Crippen LogP contribution is 2.21. The zero-order chi connectivity index (χ0) is 9.80. The van der Waals surface area contributed by atoms with Gasteiger partial charge in [-0.25, -0.2) is 4.98 Å². The lowest BCUT2D eigenvalue weighted by atomic mass is 10.1. The molecule has 1 aromatic rings. The second kappa shape index (κ2) is 4.55. The average Bonchev–Trinajstić information content (AvgIpc) is 2.19. The molecule has 1 fully saturated rings. The van der Waals surface area contributed by atoms with E-state index in [0.717, 1.165) is 5.69 Å². The van der Waals surface area contributed by atoms with E-state index in [9.17, 15) is 0 Å². The average molecular weight is 209 g/mol. The minimum Gasteiger partial charge on any atom is -0.384 e. The molecule has 3 N–H and O–H groups in total. The number of nitrogens with two attached hydrogens (primary N) is 1. The number of thioether (sulfide) groups is 1. The van der Waals surface area contributed by atoms with Crippen molar-refractivity contribution in [2.75, 3.05) is 22.6 Å². The first kappa shape index (κ1) is 9.65. The quantitative estimate of drug-likeness (QED) is 0.782. The summed E-state index contributed by atoms with van der Waals surface area (Å²) in [5, 5.41) is 3.49. The predicted octanol–water partition coefficient (Wildman–Crippen LogP) is 1.97. The maximum atomic E-state index is 5.61. The molecule has 0 aliphatic carbocycles. The van der Waals surface area contributed by atoms with Gasteiger partial charge >= 0.3 is 0 Å². The summed E-state index contributed by atoms with van der Waals surface area (Å²) >= 11 is 2.04. The van der Waals surface area contributed by atoms with Crippen LogP contribution >= 0.6 is 11.8 Å². The minimum atomic E-state index is 0.584. The Hall–Kier alpha value is -0.900. The van der Waals surface area contributed by atoms with Crippen molar-refractivity contribution >= 4 is 23.3 Å². The van der Waals surface area contributed by atoms with Crippen LogP contribution in [0.3, 0.4) is 0 Å². The Labute approximate surface area is 88.5 Å². The lowest BCUT2D eigenvalue weighted by Gasteiger charge is -2.23. The highest BCUT2D eigenvalue weighted by atomic mass is 32.2. The molecule has 0 spiro atoms. The molecule has 1 aliphatic heterocycles. The smallest absolute Gasteiger partial charge is 0.125 e. The van der Waals surface area contributed by atoms with Crippen LogP contribution in [0.25, 0.3) is 0 Å². The molecule has 0 bridgehead atoms. The van der Waals surface area contributed by atoms with Crippen molar-refractivity contribution in [1.29, 1.82) is 0 Å². The van der Waals surface area contributed by atoms with E-state index in [1.54, 1.807) is 6.20 Å². The molecule has 0 saturated carbocycles. The van der Waals surface area contributed by atoms with Gasteiger partial charge in [0.2, 0.25) is 0 Å². The van der Waals surface area contributed by atoms with Crippen LogP contribution in [0, 0.1) is 0 Å². The third-order valence-corrected chi connectivity index (χ3v) is 3.42. The first-order valence-electron chi connectivity index (χ1n) is 4.90. The van der Waals surface area contributed by atoms with Gasteiger partial charge in [-0.15, -0.1) is 0 Å². The molecule has 0 aromatic carbocycles. The number of nitrogens with zero attached hydrogens (tertiary/aromatic N) is 1. The Bertz CT molecular complexity index is 297. The highest BCUT2D eigenvalue weighted by Gasteiger charge is 2.12. The molecule has 1 aromatic heterocycles. The van der Waals surface area contributed by atoms with Gasteiger partial charge in [0.05, 0.1) is 0 Å². The SMILES string of the molecule is Nc1cc(NC2CCSCC2)ccn1. The molecule has 4 heteroatoms. The number of hydrogen-bond donors (Lipinski definition) is 2. The number of rotatable bonds is 2. The summed E-state index contributed by atoms with van der Waals surface area (Å²) in [6, 6.07) is 4.47. The van der Waals surface area contributed by atoms with Gasteiger partial charge in [0.1, 0.15) is 5.82 Å². The number of hydrogen-bond acceptors (Lipinski definition) is 4. The van der Waals surface area contributed by atoms with E-state index in [0.29, 0.717) is 11.9 Å². The Morgan fingerprint density at radius 1 is 1.43 bits per heavy atom. The van der Waals surface area contributed by atoms with Gasteiger partial charge < -0.3 is 11.1 Å². The largest absolute Gasteiger partial charge is 0.384 e. The zero-order valence-corrected chi connectivity index (χ0v) is 8.89. The molecule has 14 heavy (non-hydrogen) atoms. The van der Waals surface area contributed by atoms with E-state index in [2.05, 4.69) is 10.3 Å². The van der Waals surface area contributed by atoms with E-state index in [1.807, 2.05) is 23.9 Å². The monoisotopic (exact) mass is 209 g/mol. The maximum absolute atomic E-state index is 5.61. The zero-order valence-electron chi connectivity index (χ0n) is 8.07. The van der Waals surface area contributed by atoms with Crippen LogP contribution in [0.2, 0.25) is 0 Å². The molecule has 0 radical (unpaired) electrons. The summed E-state index contributed by atoms with van der Waals surface area (Å²) in [4.78, 5) is 3.97. The number of pyridine rings is 1. The second-order valence-corrected chi connectivity index (χ2v) is 4.73. The van der Waals surface area contributed by atoms with Crippen LogP contribution in [-0.2, 0) is 0 Å². The summed E-state index contributed by atoms with van der Waals surface area (Å²) < 4.78 is 0. The first-order chi connectivity index (χ1) is 6.84. The standard InChI is InChI=1S/C10H15N3S/c11-10-7-9(1-4-12-10)13-8-2-5-14-6-3-8/h1,4,7-8H,2-3,5-6H2,(H3,11,12,13). The van der Waals surface area contributed by atoms with Crippen molar-refractivity contribution in [3.63, 3.8) is 0 Å². The third kappa shape index (κ3) is 2.54. The Balaban J connectivity index is 1.95. The van der Waals surface area contributed by atoms with Crippen molar-refractivity contribution in [3.8, 4) is 0 Å². The molecule has 1 saturated heterocycles. The molecule has 2 heterocycles. The van der Waals surface area contributed by atoms with Crippen LogP contribution in [0.5, 0.6) is 0 Å². The lowest BCUT2D eigenvalue weighted by molar-refractivity contribution is 0.667. The van der Waals surface area contributed by atoms with Crippen LogP contribution in [-0.4, -0.2) is 22.5 Å². The highest BCUT2D eigenvalue weighted by molar-refractivity contribution is 7.99. The summed E-state index contributed by atoms with van der Waals surface area (Å²) in [5.74, 6) is 3.11. The van der Waals surface area contributed by atoms with E-state index in [-0.39, 0.29) is 0 Å². The number of anilines is 2. The molecule has 0 unspecified atom stereocenters. The van der Waals surface area contributed by atoms with Crippen LogP contribution in [0.4, 0.5) is 11.5 Å². The fourth-order valence-electron chi connectivity index (χ4n) is 1.62. The molecule has 0 amide bonds. The molecular formula is C10H15N3S. The van der Waals surface area contributed by atoms with Crippen LogP contribution in [0.15, 0.2) is 18.3 Å². The first-order valence-corrected chi connectivity index (χ1v) is 6.06. The fraction of sp³-hybridized carbons (Fsp3) is 0.500. The summed E-state index contributed by atoms with van der Waals surface area (Å²) in [6.07, 6.45) is 4.23. The summed E-state index contributed by atoms with van der Waals surface area (Å²) in [5.41, 5.74) is 6.70. The lowest BCUT2D eigenvalue weighted by Crippen LogP contribution is -2.24. The second-order valence-electron chi connectivity index (χ2n) is 3.50. The van der Waals surface area contributed by atoms with Gasteiger partial charge in [0.15, 0.2) is 0 Å². The Kier molecular flexibility index (Phi) is 3.14. The van der Waals surface area contributed by atoms with E-state index < -0.39 is 0 Å². The van der Waals surface area contributed by atoms with Crippen molar-refractivity contribution in [2.24, 2.45) is 0 Å². The topological polar surface area (TPSA) is 50.9 Å². The van der Waals surface area contributed by atoms with Crippen molar-refractivity contribution in [1.82, 2.24) is 4.98 Å². The molecule has 3 nitrogen and oxygen atoms in total. The predicted molar refractivity (Wildman–Crippen MR) is 62.6 cm³/mol. The summed E-state index contributed by atoms with van der Waals surface area (Å²) in [6.45, 7) is 0. The molecule has 0 atom stereocenters. The number of nitrogens with one attached hydrogen (secondary N) is 1. The maximum Gasteiger partial charge on any atom is 0.125 e. The Morgan fingerprint density at radius 3 is 2.93 bits per heavy atom.